The number of hydrogen-bond acceptors (Lipinski definition) is 8. The highest BCUT2D eigenvalue weighted by Crippen LogP contribution is 2.38. The molecule has 0 spiro atoms. The van der Waals surface area contributed by atoms with Crippen LogP contribution in [0.15, 0.2) is 28.5 Å². The molecule has 33 heavy (non-hydrogen) atoms. The van der Waals surface area contributed by atoms with Crippen LogP contribution in [0.5, 0.6) is 0 Å². The predicted octanol–water partition coefficient (Wildman–Crippen LogP) is 2.55. The number of carbonyl (C=O) groups excluding carboxylic acids is 3. The lowest BCUT2D eigenvalue weighted by Gasteiger charge is -2.27. The van der Waals surface area contributed by atoms with Gasteiger partial charge < -0.3 is 14.4 Å². The maximum absolute atomic E-state index is 13.2. The van der Waals surface area contributed by atoms with E-state index in [1.165, 1.54) is 30.7 Å². The Balaban J connectivity index is 1.95. The van der Waals surface area contributed by atoms with Gasteiger partial charge in [-0.25, -0.2) is 18.0 Å². The number of thiophene rings is 1. The third-order valence-electron chi connectivity index (χ3n) is 5.53. The van der Waals surface area contributed by atoms with Gasteiger partial charge in [0.1, 0.15) is 4.21 Å². The van der Waals surface area contributed by atoms with Crippen LogP contribution in [0.1, 0.15) is 55.4 Å². The number of carbonyl (C=O) groups is 3. The molecule has 2 aromatic rings. The number of nitrogens with zero attached hydrogens (tertiary/aromatic N) is 2. The van der Waals surface area contributed by atoms with E-state index < -0.39 is 22.0 Å². The van der Waals surface area contributed by atoms with Crippen LogP contribution >= 0.6 is 11.3 Å². The van der Waals surface area contributed by atoms with E-state index in [2.05, 4.69) is 4.74 Å². The molecule has 11 heteroatoms. The van der Waals surface area contributed by atoms with Gasteiger partial charge >= 0.3 is 11.9 Å². The topological polar surface area (TPSA) is 110 Å². The Labute approximate surface area is 196 Å². The maximum atomic E-state index is 13.2. The normalized spacial score (nSPS) is 13.5. The van der Waals surface area contributed by atoms with E-state index in [4.69, 9.17) is 4.74 Å². The number of sulfonamides is 1. The molecule has 0 fully saturated rings. The van der Waals surface area contributed by atoms with Crippen molar-refractivity contribution in [3.05, 3.63) is 51.4 Å². The largest absolute Gasteiger partial charge is 0.465 e. The minimum absolute atomic E-state index is 0.0419. The zero-order valence-corrected chi connectivity index (χ0v) is 20.5. The van der Waals surface area contributed by atoms with Crippen LogP contribution in [0, 0.1) is 0 Å². The highest BCUT2D eigenvalue weighted by molar-refractivity contribution is 7.91. The summed E-state index contributed by atoms with van der Waals surface area (Å²) in [5.74, 6) is -1.44. The average molecular weight is 495 g/mol. The second-order valence-electron chi connectivity index (χ2n) is 7.29. The molecule has 0 saturated heterocycles. The number of amides is 1. The molecule has 1 aliphatic heterocycles. The minimum atomic E-state index is -3.88. The van der Waals surface area contributed by atoms with Crippen molar-refractivity contribution in [2.75, 3.05) is 33.9 Å². The van der Waals surface area contributed by atoms with Crippen LogP contribution in [-0.4, -0.2) is 69.3 Å². The van der Waals surface area contributed by atoms with Crippen LogP contribution in [0.25, 0.3) is 0 Å². The molecule has 1 aromatic heterocycles. The fraction of sp³-hybridized carbons (Fsp3) is 0.409. The van der Waals surface area contributed by atoms with Gasteiger partial charge in [-0.15, -0.1) is 11.3 Å². The summed E-state index contributed by atoms with van der Waals surface area (Å²) < 4.78 is 37.2. The van der Waals surface area contributed by atoms with Gasteiger partial charge in [0.15, 0.2) is 0 Å². The Bertz CT molecular complexity index is 1170. The van der Waals surface area contributed by atoms with Gasteiger partial charge in [0.05, 0.1) is 31.9 Å². The Morgan fingerprint density at radius 1 is 1.00 bits per heavy atom. The number of esters is 2. The summed E-state index contributed by atoms with van der Waals surface area (Å²) in [4.78, 5) is 39.4. The highest BCUT2D eigenvalue weighted by Gasteiger charge is 2.37. The first-order valence-corrected chi connectivity index (χ1v) is 12.7. The first-order chi connectivity index (χ1) is 15.7. The lowest BCUT2D eigenvalue weighted by molar-refractivity contribution is 0.0588. The number of fused-ring (bicyclic) bond motifs is 1. The SMILES string of the molecule is CCN(CC)S(=O)(=O)c1sc2c(c1C(=O)OC)CCN(C(=O)c1ccc(C(=O)OC)cc1)C2. The van der Waals surface area contributed by atoms with Crippen molar-refractivity contribution < 1.29 is 32.3 Å². The van der Waals surface area contributed by atoms with E-state index in [1.807, 2.05) is 0 Å². The quantitative estimate of drug-likeness (QED) is 0.544. The first-order valence-electron chi connectivity index (χ1n) is 10.4. The van der Waals surface area contributed by atoms with E-state index in [0.717, 1.165) is 11.3 Å². The van der Waals surface area contributed by atoms with Gasteiger partial charge in [0, 0.05) is 30.1 Å². The van der Waals surface area contributed by atoms with E-state index >= 15 is 0 Å². The molecule has 1 aromatic carbocycles. The molecule has 1 aliphatic rings. The molecule has 0 N–H and O–H groups in total. The van der Waals surface area contributed by atoms with Crippen LogP contribution < -0.4 is 0 Å². The third kappa shape index (κ3) is 4.66. The molecule has 9 nitrogen and oxygen atoms in total. The number of methoxy groups -OCH3 is 2. The minimum Gasteiger partial charge on any atom is -0.465 e. The molecule has 0 bridgehead atoms. The van der Waals surface area contributed by atoms with Crippen LogP contribution in [0.2, 0.25) is 0 Å². The van der Waals surface area contributed by atoms with Crippen LogP contribution in [0.4, 0.5) is 0 Å². The summed E-state index contributed by atoms with van der Waals surface area (Å²) in [6, 6.07) is 6.14. The van der Waals surface area contributed by atoms with Crippen molar-refractivity contribution in [3.8, 4) is 0 Å². The number of hydrogen-bond donors (Lipinski definition) is 0. The van der Waals surface area contributed by atoms with Gasteiger partial charge in [0.25, 0.3) is 15.9 Å². The van der Waals surface area contributed by atoms with Crippen molar-refractivity contribution in [1.29, 1.82) is 0 Å². The molecule has 0 aliphatic carbocycles. The fourth-order valence-electron chi connectivity index (χ4n) is 3.77. The van der Waals surface area contributed by atoms with E-state index in [-0.39, 0.29) is 35.3 Å². The third-order valence-corrected chi connectivity index (χ3v) is 9.30. The molecule has 178 valence electrons. The molecular weight excluding hydrogens is 468 g/mol. The standard InChI is InChI=1S/C22H26N2O7S2/c1-5-24(6-2)33(28,29)22-18(21(27)31-4)16-11-12-23(13-17(16)32-22)19(25)14-7-9-15(10-8-14)20(26)30-3/h7-10H,5-6,11-13H2,1-4H3. The van der Waals surface area contributed by atoms with Crippen molar-refractivity contribution in [3.63, 3.8) is 0 Å². The molecule has 1 amide bonds. The van der Waals surface area contributed by atoms with E-state index in [9.17, 15) is 22.8 Å². The van der Waals surface area contributed by atoms with Crippen LogP contribution in [-0.2, 0) is 32.5 Å². The van der Waals surface area contributed by atoms with Crippen LogP contribution in [0.3, 0.4) is 0 Å². The number of ether oxygens (including phenoxy) is 2. The monoisotopic (exact) mass is 494 g/mol. The zero-order valence-electron chi connectivity index (χ0n) is 18.9. The Morgan fingerprint density at radius 2 is 1.58 bits per heavy atom. The summed E-state index contributed by atoms with van der Waals surface area (Å²) in [6.07, 6.45) is 0.329. The van der Waals surface area contributed by atoms with Crippen molar-refractivity contribution in [2.45, 2.75) is 31.0 Å². The predicted molar refractivity (Wildman–Crippen MR) is 122 cm³/mol. The Morgan fingerprint density at radius 3 is 2.12 bits per heavy atom. The summed E-state index contributed by atoms with van der Waals surface area (Å²) >= 11 is 1.01. The Kier molecular flexibility index (Phi) is 7.55. The molecule has 0 radical (unpaired) electrons. The fourth-order valence-corrected chi connectivity index (χ4v) is 7.27. The van der Waals surface area contributed by atoms with Crippen molar-refractivity contribution >= 4 is 39.2 Å². The molecule has 0 saturated carbocycles. The van der Waals surface area contributed by atoms with Gasteiger partial charge in [-0.05, 0) is 36.2 Å². The van der Waals surface area contributed by atoms with E-state index in [1.54, 1.807) is 30.9 Å². The zero-order chi connectivity index (χ0) is 24.3. The van der Waals surface area contributed by atoms with Crippen molar-refractivity contribution in [1.82, 2.24) is 9.21 Å². The molecule has 0 unspecified atom stereocenters. The first kappa shape index (κ1) is 24.9. The highest BCUT2D eigenvalue weighted by atomic mass is 32.2. The smallest absolute Gasteiger partial charge is 0.340 e. The summed E-state index contributed by atoms with van der Waals surface area (Å²) in [5.41, 5.74) is 1.41. The second kappa shape index (κ2) is 10.0. The molecule has 2 heterocycles. The average Bonchev–Trinajstić information content (AvgIpc) is 3.23. The maximum Gasteiger partial charge on any atom is 0.340 e. The number of rotatable bonds is 7. The summed E-state index contributed by atoms with van der Waals surface area (Å²) in [5, 5.41) is 0. The summed E-state index contributed by atoms with van der Waals surface area (Å²) in [6.45, 7) is 4.50. The summed E-state index contributed by atoms with van der Waals surface area (Å²) in [7, 11) is -1.38. The lowest BCUT2D eigenvalue weighted by Crippen LogP contribution is -2.35. The molecule has 0 atom stereocenters. The van der Waals surface area contributed by atoms with Gasteiger partial charge in [-0.3, -0.25) is 4.79 Å². The van der Waals surface area contributed by atoms with Crippen molar-refractivity contribution in [2.24, 2.45) is 0 Å². The van der Waals surface area contributed by atoms with Gasteiger partial charge in [-0.2, -0.15) is 4.31 Å². The van der Waals surface area contributed by atoms with Gasteiger partial charge in [-0.1, -0.05) is 13.8 Å². The second-order valence-corrected chi connectivity index (χ2v) is 10.5. The van der Waals surface area contributed by atoms with E-state index in [0.29, 0.717) is 34.5 Å². The van der Waals surface area contributed by atoms with Gasteiger partial charge in [0.2, 0.25) is 0 Å². The molecular formula is C22H26N2O7S2. The Hall–Kier alpha value is -2.76. The molecule has 3 rings (SSSR count). The lowest BCUT2D eigenvalue weighted by atomic mass is 10.0. The number of benzene rings is 1.